The molecule has 1 unspecified atom stereocenters. The van der Waals surface area contributed by atoms with Gasteiger partial charge < -0.3 is 5.32 Å². The van der Waals surface area contributed by atoms with E-state index in [0.29, 0.717) is 11.5 Å². The molecule has 0 aromatic carbocycles. The number of likely N-dealkylation sites (N-methyl/N-ethyl adjacent to an activating group) is 2. The number of rotatable bonds is 5. The molecule has 0 heterocycles. The Labute approximate surface area is 102 Å². The molecule has 16 heavy (non-hydrogen) atoms. The Hall–Kier alpha value is -0.0800. The van der Waals surface area contributed by atoms with E-state index in [0.717, 1.165) is 19.1 Å². The highest BCUT2D eigenvalue weighted by molar-refractivity contribution is 4.84. The summed E-state index contributed by atoms with van der Waals surface area (Å²) in [6.07, 6.45) is 5.52. The van der Waals surface area contributed by atoms with Gasteiger partial charge in [0.15, 0.2) is 0 Å². The van der Waals surface area contributed by atoms with Crippen LogP contribution in [0.4, 0.5) is 0 Å². The SMILES string of the molecule is CCNCC(C)N(C)C1CCC(C)(C)CC1. The molecule has 0 amide bonds. The summed E-state index contributed by atoms with van der Waals surface area (Å²) in [4.78, 5) is 2.58. The molecule has 0 aliphatic heterocycles. The minimum absolute atomic E-state index is 0.586. The molecule has 0 bridgehead atoms. The summed E-state index contributed by atoms with van der Waals surface area (Å²) in [6, 6.07) is 1.47. The van der Waals surface area contributed by atoms with Crippen molar-refractivity contribution in [1.29, 1.82) is 0 Å². The van der Waals surface area contributed by atoms with E-state index in [4.69, 9.17) is 0 Å². The molecule has 1 atom stereocenters. The Morgan fingerprint density at radius 1 is 1.31 bits per heavy atom. The van der Waals surface area contributed by atoms with Gasteiger partial charge in [-0.1, -0.05) is 20.8 Å². The van der Waals surface area contributed by atoms with Gasteiger partial charge in [-0.2, -0.15) is 0 Å². The lowest BCUT2D eigenvalue weighted by atomic mass is 9.75. The maximum Gasteiger partial charge on any atom is 0.0192 e. The second-order valence-electron chi connectivity index (χ2n) is 6.22. The molecule has 2 heteroatoms. The van der Waals surface area contributed by atoms with Crippen LogP contribution in [-0.2, 0) is 0 Å². The number of nitrogens with zero attached hydrogens (tertiary/aromatic N) is 1. The fraction of sp³-hybridized carbons (Fsp3) is 1.00. The van der Waals surface area contributed by atoms with Crippen LogP contribution >= 0.6 is 0 Å². The minimum Gasteiger partial charge on any atom is -0.315 e. The van der Waals surface area contributed by atoms with Crippen LogP contribution in [0.3, 0.4) is 0 Å². The van der Waals surface area contributed by atoms with Gasteiger partial charge in [0.2, 0.25) is 0 Å². The highest BCUT2D eigenvalue weighted by Crippen LogP contribution is 2.36. The van der Waals surface area contributed by atoms with Crippen LogP contribution in [-0.4, -0.2) is 37.1 Å². The first-order valence-corrected chi connectivity index (χ1v) is 6.89. The predicted molar refractivity (Wildman–Crippen MR) is 71.8 cm³/mol. The van der Waals surface area contributed by atoms with Crippen molar-refractivity contribution in [3.63, 3.8) is 0 Å². The smallest absolute Gasteiger partial charge is 0.0192 e. The normalized spacial score (nSPS) is 23.6. The molecule has 2 nitrogen and oxygen atoms in total. The highest BCUT2D eigenvalue weighted by atomic mass is 15.2. The van der Waals surface area contributed by atoms with Crippen molar-refractivity contribution in [2.45, 2.75) is 65.5 Å². The van der Waals surface area contributed by atoms with Crippen molar-refractivity contribution in [2.75, 3.05) is 20.1 Å². The third kappa shape index (κ3) is 4.06. The van der Waals surface area contributed by atoms with Crippen LogP contribution in [0.25, 0.3) is 0 Å². The van der Waals surface area contributed by atoms with Crippen molar-refractivity contribution in [2.24, 2.45) is 5.41 Å². The summed E-state index contributed by atoms with van der Waals surface area (Å²) in [5.74, 6) is 0. The number of nitrogens with one attached hydrogen (secondary N) is 1. The molecule has 0 aromatic heterocycles. The number of hydrogen-bond acceptors (Lipinski definition) is 2. The lowest BCUT2D eigenvalue weighted by Crippen LogP contribution is -2.46. The largest absolute Gasteiger partial charge is 0.315 e. The standard InChI is InChI=1S/C14H30N2/c1-6-15-11-12(2)16(5)13-7-9-14(3,4)10-8-13/h12-13,15H,6-11H2,1-5H3. The summed E-state index contributed by atoms with van der Waals surface area (Å²) in [6.45, 7) is 11.5. The summed E-state index contributed by atoms with van der Waals surface area (Å²) in [5.41, 5.74) is 0.586. The first kappa shape index (κ1) is 14.0. The first-order valence-electron chi connectivity index (χ1n) is 6.89. The van der Waals surface area contributed by atoms with Crippen LogP contribution < -0.4 is 5.32 Å². The fourth-order valence-corrected chi connectivity index (χ4v) is 2.65. The number of hydrogen-bond donors (Lipinski definition) is 1. The van der Waals surface area contributed by atoms with Crippen LogP contribution in [0.2, 0.25) is 0 Å². The Balaban J connectivity index is 2.34. The van der Waals surface area contributed by atoms with E-state index in [2.05, 4.69) is 45.0 Å². The second-order valence-corrected chi connectivity index (χ2v) is 6.22. The Morgan fingerprint density at radius 3 is 2.38 bits per heavy atom. The zero-order valence-corrected chi connectivity index (χ0v) is 11.8. The van der Waals surface area contributed by atoms with Gasteiger partial charge in [-0.15, -0.1) is 0 Å². The first-order chi connectivity index (χ1) is 7.46. The van der Waals surface area contributed by atoms with Crippen molar-refractivity contribution in [3.05, 3.63) is 0 Å². The molecule has 1 rings (SSSR count). The van der Waals surface area contributed by atoms with E-state index < -0.39 is 0 Å². The topological polar surface area (TPSA) is 15.3 Å². The van der Waals surface area contributed by atoms with Gasteiger partial charge in [-0.25, -0.2) is 0 Å². The van der Waals surface area contributed by atoms with Crippen LogP contribution in [0.5, 0.6) is 0 Å². The monoisotopic (exact) mass is 226 g/mol. The van der Waals surface area contributed by atoms with Crippen molar-refractivity contribution >= 4 is 0 Å². The average molecular weight is 226 g/mol. The summed E-state index contributed by atoms with van der Waals surface area (Å²) in [5, 5.41) is 3.44. The summed E-state index contributed by atoms with van der Waals surface area (Å²) in [7, 11) is 2.30. The van der Waals surface area contributed by atoms with Gasteiger partial charge in [0.25, 0.3) is 0 Å². The molecular weight excluding hydrogens is 196 g/mol. The van der Waals surface area contributed by atoms with E-state index >= 15 is 0 Å². The Kier molecular flexibility index (Phi) is 5.26. The molecule has 0 saturated heterocycles. The highest BCUT2D eigenvalue weighted by Gasteiger charge is 2.29. The quantitative estimate of drug-likeness (QED) is 0.775. The van der Waals surface area contributed by atoms with Crippen molar-refractivity contribution in [3.8, 4) is 0 Å². The maximum absolute atomic E-state index is 3.44. The molecule has 1 fully saturated rings. The van der Waals surface area contributed by atoms with E-state index in [9.17, 15) is 0 Å². The lowest BCUT2D eigenvalue weighted by Gasteiger charge is -2.41. The molecule has 96 valence electrons. The lowest BCUT2D eigenvalue weighted by molar-refractivity contribution is 0.0998. The Morgan fingerprint density at radius 2 is 1.88 bits per heavy atom. The zero-order valence-electron chi connectivity index (χ0n) is 11.8. The molecule has 0 aromatic rings. The molecule has 1 saturated carbocycles. The van der Waals surface area contributed by atoms with Crippen molar-refractivity contribution < 1.29 is 0 Å². The van der Waals surface area contributed by atoms with Gasteiger partial charge >= 0.3 is 0 Å². The van der Waals surface area contributed by atoms with Crippen LogP contribution in [0.1, 0.15) is 53.4 Å². The van der Waals surface area contributed by atoms with E-state index in [1.807, 2.05) is 0 Å². The zero-order chi connectivity index (χ0) is 12.2. The molecule has 1 N–H and O–H groups in total. The van der Waals surface area contributed by atoms with Gasteiger partial charge in [-0.3, -0.25) is 4.90 Å². The van der Waals surface area contributed by atoms with Gasteiger partial charge in [0, 0.05) is 18.6 Å². The van der Waals surface area contributed by atoms with Crippen LogP contribution in [0.15, 0.2) is 0 Å². The minimum atomic E-state index is 0.586. The summed E-state index contributed by atoms with van der Waals surface area (Å²) < 4.78 is 0. The van der Waals surface area contributed by atoms with Crippen LogP contribution in [0, 0.1) is 5.41 Å². The molecule has 1 aliphatic carbocycles. The third-order valence-electron chi connectivity index (χ3n) is 4.27. The molecule has 0 radical (unpaired) electrons. The molecular formula is C14H30N2. The second kappa shape index (κ2) is 6.02. The Bertz CT molecular complexity index is 191. The van der Waals surface area contributed by atoms with Gasteiger partial charge in [0.1, 0.15) is 0 Å². The maximum atomic E-state index is 3.44. The summed E-state index contributed by atoms with van der Waals surface area (Å²) >= 11 is 0. The van der Waals surface area contributed by atoms with Gasteiger partial charge in [-0.05, 0) is 51.6 Å². The van der Waals surface area contributed by atoms with E-state index in [-0.39, 0.29) is 0 Å². The predicted octanol–water partition coefficient (Wildman–Crippen LogP) is 2.89. The van der Waals surface area contributed by atoms with Gasteiger partial charge in [0.05, 0.1) is 0 Å². The third-order valence-corrected chi connectivity index (χ3v) is 4.27. The van der Waals surface area contributed by atoms with E-state index in [1.54, 1.807) is 0 Å². The van der Waals surface area contributed by atoms with Crippen molar-refractivity contribution in [1.82, 2.24) is 10.2 Å². The molecule has 1 aliphatic rings. The average Bonchev–Trinajstić information content (AvgIpc) is 2.25. The molecule has 0 spiro atoms. The fourth-order valence-electron chi connectivity index (χ4n) is 2.65. The van der Waals surface area contributed by atoms with E-state index in [1.165, 1.54) is 25.7 Å².